The van der Waals surface area contributed by atoms with E-state index in [0.717, 1.165) is 11.3 Å². The minimum atomic E-state index is -5.23. The summed E-state index contributed by atoms with van der Waals surface area (Å²) in [4.78, 5) is 46.5. The molecular weight excluding hydrogens is 502 g/mol. The number of phosphoric ester groups is 1. The predicted molar refractivity (Wildman–Crippen MR) is 114 cm³/mol. The molecule has 0 aliphatic rings. The van der Waals surface area contributed by atoms with Crippen LogP contribution in [-0.2, 0) is 35.7 Å². The summed E-state index contributed by atoms with van der Waals surface area (Å²) in [6, 6.07) is 0. The molecule has 0 aliphatic heterocycles. The van der Waals surface area contributed by atoms with Crippen molar-refractivity contribution in [1.29, 1.82) is 0 Å². The molecule has 184 valence electrons. The van der Waals surface area contributed by atoms with Gasteiger partial charge in [-0.3, -0.25) is 9.32 Å². The van der Waals surface area contributed by atoms with Crippen molar-refractivity contribution in [2.75, 3.05) is 12.3 Å². The Morgan fingerprint density at radius 1 is 1.30 bits per heavy atom. The van der Waals surface area contributed by atoms with Gasteiger partial charge in [0.15, 0.2) is 12.2 Å². The van der Waals surface area contributed by atoms with E-state index in [1.807, 2.05) is 0 Å². The molecule has 0 radical (unpaired) electrons. The second-order valence-electron chi connectivity index (χ2n) is 6.93. The number of hydrogen-bond acceptors (Lipinski definition) is 10. The van der Waals surface area contributed by atoms with Gasteiger partial charge in [-0.2, -0.15) is 8.88 Å². The first kappa shape index (κ1) is 27.4. The lowest BCUT2D eigenvalue weighted by atomic mass is 10.2. The fourth-order valence-corrected chi connectivity index (χ4v) is 5.69. The summed E-state index contributed by atoms with van der Waals surface area (Å²) in [6.45, 7) is 3.15. The Bertz CT molecular complexity index is 1110. The summed E-state index contributed by atoms with van der Waals surface area (Å²) < 4.78 is 32.5. The summed E-state index contributed by atoms with van der Waals surface area (Å²) in [7, 11) is -10.2. The molecule has 2 atom stereocenters. The summed E-state index contributed by atoms with van der Waals surface area (Å²) in [5.74, 6) is -0.344. The first-order chi connectivity index (χ1) is 15.2. The van der Waals surface area contributed by atoms with Crippen LogP contribution in [-0.4, -0.2) is 47.4 Å². The molecule has 17 heteroatoms. The molecule has 2 heterocycles. The summed E-state index contributed by atoms with van der Waals surface area (Å²) >= 11 is 1.13. The average Bonchev–Trinajstić information content (AvgIpc) is 2.96. The number of thiazole rings is 1. The molecule has 0 saturated heterocycles. The van der Waals surface area contributed by atoms with Crippen molar-refractivity contribution < 1.29 is 52.2 Å². The normalized spacial score (nSPS) is 14.7. The molecule has 33 heavy (non-hydrogen) atoms. The number of carboxylic acid groups (broad SMARTS) is 1. The van der Waals surface area contributed by atoms with Crippen LogP contribution in [0.1, 0.15) is 45.9 Å². The Balaban J connectivity index is 2.28. The van der Waals surface area contributed by atoms with Crippen LogP contribution < -0.4 is 10.3 Å². The minimum Gasteiger partial charge on any atom is -0.481 e. The second-order valence-corrected chi connectivity index (χ2v) is 10.9. The lowest BCUT2D eigenvalue weighted by molar-refractivity contribution is -0.700. The van der Waals surface area contributed by atoms with Gasteiger partial charge in [0.05, 0.1) is 17.0 Å². The Morgan fingerprint density at radius 2 is 1.97 bits per heavy atom. The standard InChI is InChI=1S/C16H24N4O10P2S/c1-9-13(5-6-29-32(27,28)30-31(24,25)26)33-16(12(21)3-4-14(22)23)20(9)8-11-7-18-10(2)19-15(11)17/h7,12,21H,3-6,8H2,1-2H3,(H5-,17,18,19,22,23,24,25,26,27,28)/p+1/t12-/m1/s1. The van der Waals surface area contributed by atoms with Gasteiger partial charge >= 0.3 is 21.6 Å². The number of aromatic nitrogens is 3. The third-order valence-electron chi connectivity index (χ3n) is 4.36. The summed E-state index contributed by atoms with van der Waals surface area (Å²) in [6.07, 6.45) is 0.151. The van der Waals surface area contributed by atoms with Gasteiger partial charge in [-0.05, 0) is 13.3 Å². The van der Waals surface area contributed by atoms with Gasteiger partial charge in [0, 0.05) is 26.0 Å². The van der Waals surface area contributed by atoms with Gasteiger partial charge in [-0.25, -0.2) is 19.1 Å². The quantitative estimate of drug-likeness (QED) is 0.166. The SMILES string of the molecule is Cc1ncc(C[n+]2c([C@H](O)CCC(=O)O)sc(CCOP(=O)(O)OP(=O)(O)O)c2C)c(N)n1. The molecule has 0 fully saturated rings. The van der Waals surface area contributed by atoms with Crippen LogP contribution >= 0.6 is 27.0 Å². The molecule has 0 aromatic carbocycles. The third-order valence-corrected chi connectivity index (χ3v) is 7.99. The molecule has 1 unspecified atom stereocenters. The Labute approximate surface area is 192 Å². The topological polar surface area (TPSA) is 226 Å². The van der Waals surface area contributed by atoms with E-state index in [4.69, 9.17) is 20.6 Å². The number of carbonyl (C=O) groups is 1. The van der Waals surface area contributed by atoms with Gasteiger partial charge in [-0.1, -0.05) is 11.3 Å². The summed E-state index contributed by atoms with van der Waals surface area (Å²) in [5.41, 5.74) is 7.17. The zero-order valence-corrected chi connectivity index (χ0v) is 20.3. The second kappa shape index (κ2) is 11.1. The summed E-state index contributed by atoms with van der Waals surface area (Å²) in [5, 5.41) is 19.9. The largest absolute Gasteiger partial charge is 0.481 e. The molecule has 7 N–H and O–H groups in total. The highest BCUT2D eigenvalue weighted by Crippen LogP contribution is 2.57. The maximum atomic E-state index is 11.6. The van der Waals surface area contributed by atoms with E-state index in [9.17, 15) is 23.9 Å². The number of phosphoric acid groups is 2. The number of nitrogens with two attached hydrogens (primary N) is 1. The number of anilines is 1. The third kappa shape index (κ3) is 8.49. The molecule has 0 bridgehead atoms. The predicted octanol–water partition coefficient (Wildman–Crippen LogP) is 0.740. The molecule has 0 aliphatic carbocycles. The van der Waals surface area contributed by atoms with E-state index >= 15 is 0 Å². The van der Waals surface area contributed by atoms with E-state index in [0.29, 0.717) is 27.0 Å². The van der Waals surface area contributed by atoms with E-state index in [2.05, 4.69) is 18.8 Å². The highest BCUT2D eigenvalue weighted by molar-refractivity contribution is 7.60. The Kier molecular flexibility index (Phi) is 9.22. The lowest BCUT2D eigenvalue weighted by Crippen LogP contribution is -2.41. The van der Waals surface area contributed by atoms with Crippen molar-refractivity contribution in [1.82, 2.24) is 9.97 Å². The van der Waals surface area contributed by atoms with E-state index < -0.39 is 34.3 Å². The molecule has 0 saturated carbocycles. The first-order valence-corrected chi connectivity index (χ1v) is 13.3. The van der Waals surface area contributed by atoms with Gasteiger partial charge in [0.2, 0.25) is 0 Å². The number of nitrogens with zero attached hydrogens (tertiary/aromatic N) is 3. The average molecular weight is 527 g/mol. The zero-order chi connectivity index (χ0) is 25.0. The Morgan fingerprint density at radius 3 is 2.55 bits per heavy atom. The maximum Gasteiger partial charge on any atom is 0.481 e. The fourth-order valence-electron chi connectivity index (χ4n) is 2.85. The van der Waals surface area contributed by atoms with Gasteiger partial charge in [-0.15, -0.1) is 0 Å². The number of hydrogen-bond donors (Lipinski definition) is 6. The van der Waals surface area contributed by atoms with Crippen molar-refractivity contribution in [3.8, 4) is 0 Å². The highest BCUT2D eigenvalue weighted by atomic mass is 32.1. The van der Waals surface area contributed by atoms with E-state index in [-0.39, 0.29) is 31.6 Å². The lowest BCUT2D eigenvalue weighted by Gasteiger charge is -2.11. The first-order valence-electron chi connectivity index (χ1n) is 9.42. The van der Waals surface area contributed by atoms with Crippen molar-refractivity contribution in [2.45, 2.75) is 45.8 Å². The van der Waals surface area contributed by atoms with Crippen molar-refractivity contribution in [2.24, 2.45) is 0 Å². The minimum absolute atomic E-state index is 0.0388. The maximum absolute atomic E-state index is 11.6. The van der Waals surface area contributed by atoms with Crippen molar-refractivity contribution >= 4 is 38.8 Å². The van der Waals surface area contributed by atoms with Crippen LogP contribution in [0, 0.1) is 13.8 Å². The van der Waals surface area contributed by atoms with Crippen LogP contribution in [0.4, 0.5) is 5.82 Å². The number of aliphatic carboxylic acids is 1. The zero-order valence-electron chi connectivity index (χ0n) is 17.7. The van der Waals surface area contributed by atoms with E-state index in [1.54, 1.807) is 24.6 Å². The van der Waals surface area contributed by atoms with Crippen LogP contribution in [0.2, 0.25) is 0 Å². The van der Waals surface area contributed by atoms with Crippen LogP contribution in [0.3, 0.4) is 0 Å². The molecule has 2 aromatic heterocycles. The van der Waals surface area contributed by atoms with E-state index in [1.165, 1.54) is 0 Å². The monoisotopic (exact) mass is 527 g/mol. The number of nitrogen functional groups attached to an aromatic ring is 1. The highest BCUT2D eigenvalue weighted by Gasteiger charge is 2.33. The van der Waals surface area contributed by atoms with Crippen LogP contribution in [0.25, 0.3) is 0 Å². The van der Waals surface area contributed by atoms with Crippen LogP contribution in [0.5, 0.6) is 0 Å². The fraction of sp³-hybridized carbons (Fsp3) is 0.500. The molecule has 0 spiro atoms. The molecule has 2 rings (SSSR count). The van der Waals surface area contributed by atoms with Gasteiger partial charge in [0.1, 0.15) is 17.7 Å². The number of carboxylic acids is 1. The van der Waals surface area contributed by atoms with Gasteiger partial charge in [0.25, 0.3) is 5.01 Å². The smallest absolute Gasteiger partial charge is 0.481 e. The molecule has 14 nitrogen and oxygen atoms in total. The number of aryl methyl sites for hydroxylation is 1. The van der Waals surface area contributed by atoms with Crippen molar-refractivity contribution in [3.05, 3.63) is 33.2 Å². The number of aliphatic hydroxyl groups is 1. The molecule has 2 aromatic rings. The number of aliphatic hydroxyl groups excluding tert-OH is 1. The molecular formula is C16H25N4O10P2S+. The molecule has 0 amide bonds. The Hall–Kier alpha value is -1.80. The van der Waals surface area contributed by atoms with Crippen molar-refractivity contribution in [3.63, 3.8) is 0 Å². The van der Waals surface area contributed by atoms with Gasteiger partial charge < -0.3 is 30.6 Å². The number of rotatable bonds is 12. The van der Waals surface area contributed by atoms with Crippen LogP contribution in [0.15, 0.2) is 6.20 Å².